The number of hydrogen-bond donors (Lipinski definition) is 0. The summed E-state index contributed by atoms with van der Waals surface area (Å²) in [5, 5.41) is 0. The molecule has 0 atom stereocenters. The van der Waals surface area contributed by atoms with Gasteiger partial charge in [-0.05, 0) is 38.4 Å². The van der Waals surface area contributed by atoms with Crippen molar-refractivity contribution in [3.63, 3.8) is 0 Å². The Balaban J connectivity index is 2.42. The molecule has 0 N–H and O–H groups in total. The van der Waals surface area contributed by atoms with Crippen LogP contribution in [0.15, 0.2) is 24.3 Å². The minimum Gasteiger partial charge on any atom is -0.492 e. The molecule has 0 saturated carbocycles. The largest absolute Gasteiger partial charge is 0.492 e. The smallest absolute Gasteiger partial charge is 0.308 e. The molecular weight excluding hydrogens is 206 g/mol. The van der Waals surface area contributed by atoms with Gasteiger partial charge in [-0.1, -0.05) is 0 Å². The lowest BCUT2D eigenvalue weighted by atomic mass is 10.3. The van der Waals surface area contributed by atoms with Gasteiger partial charge in [0.25, 0.3) is 0 Å². The number of hydrogen-bond acceptors (Lipinski definition) is 4. The zero-order valence-electron chi connectivity index (χ0n) is 9.90. The van der Waals surface area contributed by atoms with Gasteiger partial charge in [0.1, 0.15) is 18.1 Å². The van der Waals surface area contributed by atoms with Crippen LogP contribution >= 0.6 is 0 Å². The van der Waals surface area contributed by atoms with Crippen LogP contribution < -0.4 is 9.47 Å². The normalized spacial score (nSPS) is 10.2. The van der Waals surface area contributed by atoms with Gasteiger partial charge in [0.2, 0.25) is 0 Å². The molecule has 0 spiro atoms. The van der Waals surface area contributed by atoms with Gasteiger partial charge >= 0.3 is 5.97 Å². The fraction of sp³-hybridized carbons (Fsp3) is 0.417. The molecule has 0 amide bonds. The molecule has 0 aliphatic carbocycles. The van der Waals surface area contributed by atoms with Gasteiger partial charge in [0.15, 0.2) is 0 Å². The number of ether oxygens (including phenoxy) is 2. The third kappa shape index (κ3) is 4.79. The van der Waals surface area contributed by atoms with Gasteiger partial charge in [-0.3, -0.25) is 4.79 Å². The van der Waals surface area contributed by atoms with Gasteiger partial charge in [-0.15, -0.1) is 0 Å². The quantitative estimate of drug-likeness (QED) is 0.561. The average molecular weight is 223 g/mol. The summed E-state index contributed by atoms with van der Waals surface area (Å²) in [5.41, 5.74) is 0. The van der Waals surface area contributed by atoms with E-state index in [0.717, 1.165) is 12.3 Å². The molecule has 0 heterocycles. The van der Waals surface area contributed by atoms with Gasteiger partial charge in [-0.2, -0.15) is 0 Å². The van der Waals surface area contributed by atoms with Crippen molar-refractivity contribution in [1.82, 2.24) is 4.90 Å². The van der Waals surface area contributed by atoms with Crippen molar-refractivity contribution < 1.29 is 14.3 Å². The number of likely N-dealkylation sites (N-methyl/N-ethyl adjacent to an activating group) is 1. The molecule has 4 heteroatoms. The number of nitrogens with zero attached hydrogens (tertiary/aromatic N) is 1. The van der Waals surface area contributed by atoms with E-state index in [-0.39, 0.29) is 5.97 Å². The molecular formula is C12H17NO3. The van der Waals surface area contributed by atoms with E-state index in [0.29, 0.717) is 12.4 Å². The maximum Gasteiger partial charge on any atom is 0.308 e. The molecule has 0 unspecified atom stereocenters. The second-order valence-corrected chi connectivity index (χ2v) is 3.72. The Morgan fingerprint density at radius 3 is 2.25 bits per heavy atom. The van der Waals surface area contributed by atoms with Crippen molar-refractivity contribution in [3.05, 3.63) is 24.3 Å². The van der Waals surface area contributed by atoms with E-state index in [1.54, 1.807) is 24.3 Å². The van der Waals surface area contributed by atoms with Crippen molar-refractivity contribution in [2.75, 3.05) is 27.2 Å². The van der Waals surface area contributed by atoms with E-state index in [9.17, 15) is 4.79 Å². The number of carbonyl (C=O) groups excluding carboxylic acids is 1. The van der Waals surface area contributed by atoms with Crippen molar-refractivity contribution in [2.45, 2.75) is 6.92 Å². The molecule has 1 aromatic carbocycles. The molecule has 1 rings (SSSR count). The minimum atomic E-state index is -0.318. The van der Waals surface area contributed by atoms with E-state index in [4.69, 9.17) is 9.47 Å². The number of esters is 1. The van der Waals surface area contributed by atoms with Crippen LogP contribution in [0.2, 0.25) is 0 Å². The molecule has 4 nitrogen and oxygen atoms in total. The average Bonchev–Trinajstić information content (AvgIpc) is 2.19. The fourth-order valence-electron chi connectivity index (χ4n) is 1.12. The summed E-state index contributed by atoms with van der Waals surface area (Å²) >= 11 is 0. The van der Waals surface area contributed by atoms with E-state index in [1.165, 1.54) is 6.92 Å². The highest BCUT2D eigenvalue weighted by atomic mass is 16.5. The monoisotopic (exact) mass is 223 g/mol. The molecule has 0 aliphatic rings. The molecule has 0 aromatic heterocycles. The van der Waals surface area contributed by atoms with Crippen LogP contribution in [0.5, 0.6) is 11.5 Å². The Kier molecular flexibility index (Phi) is 4.79. The van der Waals surface area contributed by atoms with Crippen molar-refractivity contribution in [1.29, 1.82) is 0 Å². The lowest BCUT2D eigenvalue weighted by molar-refractivity contribution is -0.131. The summed E-state index contributed by atoms with van der Waals surface area (Å²) in [5.74, 6) is 0.992. The second kappa shape index (κ2) is 6.12. The highest BCUT2D eigenvalue weighted by Gasteiger charge is 1.99. The summed E-state index contributed by atoms with van der Waals surface area (Å²) in [6.07, 6.45) is 0. The molecule has 0 radical (unpaired) electrons. The summed E-state index contributed by atoms with van der Waals surface area (Å²) in [6.45, 7) is 2.88. The first-order valence-electron chi connectivity index (χ1n) is 5.14. The predicted molar refractivity (Wildman–Crippen MR) is 61.8 cm³/mol. The van der Waals surface area contributed by atoms with Crippen molar-refractivity contribution >= 4 is 5.97 Å². The molecule has 0 bridgehead atoms. The number of rotatable bonds is 5. The summed E-state index contributed by atoms with van der Waals surface area (Å²) in [6, 6.07) is 7.00. The van der Waals surface area contributed by atoms with Crippen LogP contribution in [0.3, 0.4) is 0 Å². The topological polar surface area (TPSA) is 38.8 Å². The molecule has 0 fully saturated rings. The van der Waals surface area contributed by atoms with Gasteiger partial charge in [-0.25, -0.2) is 0 Å². The Labute approximate surface area is 95.8 Å². The van der Waals surface area contributed by atoms with E-state index < -0.39 is 0 Å². The van der Waals surface area contributed by atoms with E-state index >= 15 is 0 Å². The zero-order valence-corrected chi connectivity index (χ0v) is 9.90. The van der Waals surface area contributed by atoms with Gasteiger partial charge in [0.05, 0.1) is 0 Å². The van der Waals surface area contributed by atoms with Crippen LogP contribution in [0.1, 0.15) is 6.92 Å². The van der Waals surface area contributed by atoms with Crippen LogP contribution in [-0.2, 0) is 4.79 Å². The molecule has 88 valence electrons. The molecule has 0 aliphatic heterocycles. The fourth-order valence-corrected chi connectivity index (χ4v) is 1.12. The van der Waals surface area contributed by atoms with E-state index in [2.05, 4.69) is 0 Å². The second-order valence-electron chi connectivity index (χ2n) is 3.72. The van der Waals surface area contributed by atoms with Crippen LogP contribution in [-0.4, -0.2) is 38.1 Å². The van der Waals surface area contributed by atoms with Crippen LogP contribution in [0.4, 0.5) is 0 Å². The minimum absolute atomic E-state index is 0.318. The lowest BCUT2D eigenvalue weighted by Crippen LogP contribution is -2.19. The van der Waals surface area contributed by atoms with Crippen molar-refractivity contribution in [2.24, 2.45) is 0 Å². The van der Waals surface area contributed by atoms with Gasteiger partial charge < -0.3 is 14.4 Å². The first kappa shape index (κ1) is 12.5. The maximum atomic E-state index is 10.7. The third-order valence-corrected chi connectivity index (χ3v) is 1.89. The van der Waals surface area contributed by atoms with Crippen molar-refractivity contribution in [3.8, 4) is 11.5 Å². The highest BCUT2D eigenvalue weighted by molar-refractivity contribution is 5.69. The predicted octanol–water partition coefficient (Wildman–Crippen LogP) is 1.55. The first-order valence-corrected chi connectivity index (χ1v) is 5.14. The number of carbonyl (C=O) groups is 1. The van der Waals surface area contributed by atoms with Gasteiger partial charge in [0, 0.05) is 13.5 Å². The Morgan fingerprint density at radius 1 is 1.19 bits per heavy atom. The first-order chi connectivity index (χ1) is 7.58. The van der Waals surface area contributed by atoms with Crippen LogP contribution in [0, 0.1) is 0 Å². The van der Waals surface area contributed by atoms with E-state index in [1.807, 2.05) is 19.0 Å². The lowest BCUT2D eigenvalue weighted by Gasteiger charge is -2.11. The number of benzene rings is 1. The Hall–Kier alpha value is -1.55. The summed E-state index contributed by atoms with van der Waals surface area (Å²) in [7, 11) is 3.99. The summed E-state index contributed by atoms with van der Waals surface area (Å²) < 4.78 is 10.4. The zero-order chi connectivity index (χ0) is 12.0. The highest BCUT2D eigenvalue weighted by Crippen LogP contribution is 2.17. The standard InChI is InChI=1S/C12H17NO3/c1-10(14)16-12-6-4-11(5-7-12)15-9-8-13(2)3/h4-7H,8-9H2,1-3H3. The van der Waals surface area contributed by atoms with Crippen LogP contribution in [0.25, 0.3) is 0 Å². The SMILES string of the molecule is CC(=O)Oc1ccc(OCCN(C)C)cc1. The Bertz CT molecular complexity index is 333. The molecule has 0 saturated heterocycles. The maximum absolute atomic E-state index is 10.7. The third-order valence-electron chi connectivity index (χ3n) is 1.89. The molecule has 1 aromatic rings. The Morgan fingerprint density at radius 2 is 1.75 bits per heavy atom. The summed E-state index contributed by atoms with van der Waals surface area (Å²) in [4.78, 5) is 12.7. The molecule has 16 heavy (non-hydrogen) atoms.